The average Bonchev–Trinajstić information content (AvgIpc) is 3.19. The standard InChI is InChI=1S/C22H24N2OS/c1-3-17-12-7-9-16(2)21(17)24-20(25)15-23-22(19-13-8-14-26-19)18-10-5-4-6-11-18/h4-14,22-23H,3,15H2,1-2H3,(H,24,25)/p+1/t22-/m1/s1. The number of anilines is 1. The number of thiophene rings is 1. The van der Waals surface area contributed by atoms with Crippen molar-refractivity contribution >= 4 is 22.9 Å². The molecule has 1 amide bonds. The van der Waals surface area contributed by atoms with Crippen LogP contribution in [0.1, 0.15) is 34.5 Å². The van der Waals surface area contributed by atoms with E-state index in [-0.39, 0.29) is 11.9 Å². The molecule has 0 bridgehead atoms. The summed E-state index contributed by atoms with van der Waals surface area (Å²) < 4.78 is 0. The van der Waals surface area contributed by atoms with Crippen molar-refractivity contribution in [3.8, 4) is 0 Å². The molecule has 0 saturated heterocycles. The lowest BCUT2D eigenvalue weighted by molar-refractivity contribution is -0.675. The van der Waals surface area contributed by atoms with Gasteiger partial charge in [0, 0.05) is 11.3 Å². The Labute approximate surface area is 159 Å². The van der Waals surface area contributed by atoms with Crippen LogP contribution in [-0.4, -0.2) is 12.5 Å². The maximum atomic E-state index is 12.6. The van der Waals surface area contributed by atoms with Gasteiger partial charge in [-0.25, -0.2) is 0 Å². The Morgan fingerprint density at radius 2 is 1.88 bits per heavy atom. The summed E-state index contributed by atoms with van der Waals surface area (Å²) in [5.74, 6) is 0.0338. The van der Waals surface area contributed by atoms with E-state index in [2.05, 4.69) is 53.3 Å². The Morgan fingerprint density at radius 3 is 2.58 bits per heavy atom. The molecule has 4 heteroatoms. The van der Waals surface area contributed by atoms with Crippen molar-refractivity contribution in [2.45, 2.75) is 26.3 Å². The zero-order chi connectivity index (χ0) is 18.4. The number of hydrogen-bond donors (Lipinski definition) is 2. The first-order chi connectivity index (χ1) is 12.7. The van der Waals surface area contributed by atoms with Gasteiger partial charge in [-0.3, -0.25) is 4.79 Å². The minimum Gasteiger partial charge on any atom is -0.328 e. The van der Waals surface area contributed by atoms with Gasteiger partial charge in [0.2, 0.25) is 0 Å². The predicted molar refractivity (Wildman–Crippen MR) is 109 cm³/mol. The topological polar surface area (TPSA) is 45.7 Å². The first kappa shape index (κ1) is 18.4. The van der Waals surface area contributed by atoms with E-state index in [4.69, 9.17) is 0 Å². The number of benzene rings is 2. The molecule has 0 aliphatic carbocycles. The van der Waals surface area contributed by atoms with Crippen LogP contribution in [-0.2, 0) is 11.2 Å². The molecular formula is C22H25N2OS+. The summed E-state index contributed by atoms with van der Waals surface area (Å²) in [6.45, 7) is 4.53. The molecule has 3 nitrogen and oxygen atoms in total. The minimum atomic E-state index is 0.0338. The monoisotopic (exact) mass is 365 g/mol. The van der Waals surface area contributed by atoms with Crippen LogP contribution < -0.4 is 10.6 Å². The van der Waals surface area contributed by atoms with Crippen LogP contribution in [0.5, 0.6) is 0 Å². The Hall–Kier alpha value is -2.43. The summed E-state index contributed by atoms with van der Waals surface area (Å²) >= 11 is 1.73. The van der Waals surface area contributed by atoms with Crippen LogP contribution in [0.2, 0.25) is 0 Å². The van der Waals surface area contributed by atoms with Crippen LogP contribution in [0, 0.1) is 6.92 Å². The van der Waals surface area contributed by atoms with Crippen molar-refractivity contribution in [3.05, 3.63) is 87.6 Å². The van der Waals surface area contributed by atoms with Gasteiger partial charge in [0.25, 0.3) is 5.91 Å². The van der Waals surface area contributed by atoms with E-state index in [9.17, 15) is 4.79 Å². The highest BCUT2D eigenvalue weighted by atomic mass is 32.1. The van der Waals surface area contributed by atoms with Crippen LogP contribution in [0.25, 0.3) is 0 Å². The van der Waals surface area contributed by atoms with Crippen molar-refractivity contribution < 1.29 is 10.1 Å². The third-order valence-corrected chi connectivity index (χ3v) is 5.51. The fourth-order valence-corrected chi connectivity index (χ4v) is 4.01. The van der Waals surface area contributed by atoms with Gasteiger partial charge in [-0.15, -0.1) is 11.3 Å². The zero-order valence-electron chi connectivity index (χ0n) is 15.2. The summed E-state index contributed by atoms with van der Waals surface area (Å²) in [7, 11) is 0. The molecule has 1 aromatic heterocycles. The number of nitrogens with two attached hydrogens (primary N) is 1. The number of carbonyl (C=O) groups is 1. The Balaban J connectivity index is 1.71. The fraction of sp³-hybridized carbons (Fsp3) is 0.227. The molecule has 0 radical (unpaired) electrons. The number of nitrogens with one attached hydrogen (secondary N) is 1. The molecule has 0 fully saturated rings. The highest BCUT2D eigenvalue weighted by Gasteiger charge is 2.20. The highest BCUT2D eigenvalue weighted by molar-refractivity contribution is 7.10. The molecule has 3 aromatic rings. The van der Waals surface area contributed by atoms with Crippen molar-refractivity contribution in [1.82, 2.24) is 0 Å². The van der Waals surface area contributed by atoms with Crippen LogP contribution in [0.15, 0.2) is 66.0 Å². The lowest BCUT2D eigenvalue weighted by Crippen LogP contribution is -2.87. The number of amides is 1. The zero-order valence-corrected chi connectivity index (χ0v) is 16.1. The lowest BCUT2D eigenvalue weighted by atomic mass is 10.1. The van der Waals surface area contributed by atoms with E-state index in [0.717, 1.165) is 17.7 Å². The van der Waals surface area contributed by atoms with Gasteiger partial charge < -0.3 is 10.6 Å². The molecule has 0 aliphatic heterocycles. The summed E-state index contributed by atoms with van der Waals surface area (Å²) in [6, 6.07) is 20.8. The number of aryl methyl sites for hydroxylation is 2. The molecule has 26 heavy (non-hydrogen) atoms. The maximum Gasteiger partial charge on any atom is 0.279 e. The number of quaternary nitrogens is 1. The predicted octanol–water partition coefficient (Wildman–Crippen LogP) is 3.91. The first-order valence-electron chi connectivity index (χ1n) is 8.99. The van der Waals surface area contributed by atoms with Crippen molar-refractivity contribution in [3.63, 3.8) is 0 Å². The largest absolute Gasteiger partial charge is 0.328 e. The maximum absolute atomic E-state index is 12.6. The second kappa shape index (κ2) is 8.79. The molecule has 134 valence electrons. The molecule has 3 N–H and O–H groups in total. The normalized spacial score (nSPS) is 11.9. The SMILES string of the molecule is CCc1cccc(C)c1NC(=O)C[NH2+][C@H](c1ccccc1)c1cccs1. The summed E-state index contributed by atoms with van der Waals surface area (Å²) in [5.41, 5.74) is 4.46. The van der Waals surface area contributed by atoms with E-state index in [1.165, 1.54) is 16.0 Å². The van der Waals surface area contributed by atoms with Crippen LogP contribution in [0.3, 0.4) is 0 Å². The van der Waals surface area contributed by atoms with Crippen LogP contribution in [0.4, 0.5) is 5.69 Å². The van der Waals surface area contributed by atoms with Crippen molar-refractivity contribution in [1.29, 1.82) is 0 Å². The van der Waals surface area contributed by atoms with Gasteiger partial charge in [0.05, 0.1) is 4.88 Å². The molecule has 0 aliphatic rings. The van der Waals surface area contributed by atoms with Gasteiger partial charge in [-0.1, -0.05) is 61.5 Å². The fourth-order valence-electron chi connectivity index (χ4n) is 3.16. The van der Waals surface area contributed by atoms with Gasteiger partial charge >= 0.3 is 0 Å². The molecule has 3 rings (SSSR count). The first-order valence-corrected chi connectivity index (χ1v) is 9.87. The third kappa shape index (κ3) is 4.40. The molecule has 0 spiro atoms. The van der Waals surface area contributed by atoms with E-state index in [1.54, 1.807) is 11.3 Å². The van der Waals surface area contributed by atoms with Crippen molar-refractivity contribution in [2.24, 2.45) is 0 Å². The number of hydrogen-bond acceptors (Lipinski definition) is 2. The molecule has 2 aromatic carbocycles. The van der Waals surface area contributed by atoms with Gasteiger partial charge in [0.15, 0.2) is 6.54 Å². The van der Waals surface area contributed by atoms with Gasteiger partial charge in [-0.2, -0.15) is 0 Å². The average molecular weight is 366 g/mol. The second-order valence-electron chi connectivity index (χ2n) is 6.35. The second-order valence-corrected chi connectivity index (χ2v) is 7.33. The van der Waals surface area contributed by atoms with Gasteiger partial charge in [-0.05, 0) is 35.9 Å². The molecule has 1 heterocycles. The minimum absolute atomic E-state index is 0.0338. The smallest absolute Gasteiger partial charge is 0.279 e. The Morgan fingerprint density at radius 1 is 1.08 bits per heavy atom. The molecule has 0 unspecified atom stereocenters. The number of carbonyl (C=O) groups excluding carboxylic acids is 1. The summed E-state index contributed by atoms with van der Waals surface area (Å²) in [6.07, 6.45) is 0.906. The molecular weight excluding hydrogens is 340 g/mol. The summed E-state index contributed by atoms with van der Waals surface area (Å²) in [4.78, 5) is 13.9. The number of para-hydroxylation sites is 1. The Kier molecular flexibility index (Phi) is 6.21. The molecule has 1 atom stereocenters. The van der Waals surface area contributed by atoms with E-state index in [1.807, 2.05) is 37.3 Å². The van der Waals surface area contributed by atoms with E-state index < -0.39 is 0 Å². The quantitative estimate of drug-likeness (QED) is 0.655. The summed E-state index contributed by atoms with van der Waals surface area (Å²) in [5, 5.41) is 7.31. The van der Waals surface area contributed by atoms with Crippen LogP contribution >= 0.6 is 11.3 Å². The highest BCUT2D eigenvalue weighted by Crippen LogP contribution is 2.23. The van der Waals surface area contributed by atoms with E-state index >= 15 is 0 Å². The lowest BCUT2D eigenvalue weighted by Gasteiger charge is -2.16. The Bertz CT molecular complexity index is 844. The third-order valence-electron chi connectivity index (χ3n) is 4.55. The van der Waals surface area contributed by atoms with Crippen molar-refractivity contribution in [2.75, 3.05) is 11.9 Å². The van der Waals surface area contributed by atoms with E-state index in [0.29, 0.717) is 6.54 Å². The number of rotatable bonds is 7. The van der Waals surface area contributed by atoms with Gasteiger partial charge in [0.1, 0.15) is 6.04 Å². The molecule has 0 saturated carbocycles.